The molecule has 0 atom stereocenters. The molecule has 25 heavy (non-hydrogen) atoms. The number of ether oxygens (including phenoxy) is 1. The molecular weight excluding hydrogens is 336 g/mol. The first-order chi connectivity index (χ1) is 12.2. The Morgan fingerprint density at radius 2 is 2.04 bits per heavy atom. The molecule has 0 radical (unpaired) electrons. The highest BCUT2D eigenvalue weighted by atomic mass is 32.1. The largest absolute Gasteiger partial charge is 0.462 e. The van der Waals surface area contributed by atoms with Crippen LogP contribution in [0.2, 0.25) is 0 Å². The second-order valence-corrected chi connectivity index (χ2v) is 6.00. The lowest BCUT2D eigenvalue weighted by Gasteiger charge is -2.03. The zero-order chi connectivity index (χ0) is 17.6. The van der Waals surface area contributed by atoms with Crippen molar-refractivity contribution < 1.29 is 9.53 Å². The number of carbonyl (C=O) groups excluding carboxylic acids is 1. The van der Waals surface area contributed by atoms with Crippen LogP contribution in [0.3, 0.4) is 0 Å². The van der Waals surface area contributed by atoms with Crippen LogP contribution in [-0.2, 0) is 4.74 Å². The Balaban J connectivity index is 1.77. The van der Waals surface area contributed by atoms with Crippen molar-refractivity contribution in [3.8, 4) is 6.07 Å². The van der Waals surface area contributed by atoms with Crippen molar-refractivity contribution >= 4 is 38.9 Å². The number of para-hydroxylation sites is 1. The van der Waals surface area contributed by atoms with Crippen LogP contribution in [0.4, 0.5) is 5.69 Å². The van der Waals surface area contributed by atoms with E-state index in [1.165, 1.54) is 11.3 Å². The van der Waals surface area contributed by atoms with Gasteiger partial charge in [0.1, 0.15) is 6.07 Å². The minimum atomic E-state index is -0.371. The number of hydrazone groups is 1. The molecule has 0 saturated carbocycles. The third-order valence-electron chi connectivity index (χ3n) is 3.30. The molecule has 0 saturated heterocycles. The predicted octanol–water partition coefficient (Wildman–Crippen LogP) is 3.81. The number of thiazole rings is 1. The van der Waals surface area contributed by atoms with Crippen molar-refractivity contribution in [3.63, 3.8) is 0 Å². The van der Waals surface area contributed by atoms with Crippen molar-refractivity contribution in [1.29, 1.82) is 5.26 Å². The van der Waals surface area contributed by atoms with Crippen molar-refractivity contribution in [2.75, 3.05) is 12.0 Å². The van der Waals surface area contributed by atoms with Crippen molar-refractivity contribution in [1.82, 2.24) is 4.98 Å². The Kier molecular flexibility index (Phi) is 5.02. The standard InChI is InChI=1S/C18H14N4O2S/c1-2-24-18(23)12-7-9-13(10-8-12)21-22-15(11-19)17-20-14-5-3-4-6-16(14)25-17/h3-10,21H,2H2,1H3. The molecule has 1 N–H and O–H groups in total. The molecule has 124 valence electrons. The van der Waals surface area contributed by atoms with Gasteiger partial charge < -0.3 is 4.74 Å². The third kappa shape index (κ3) is 3.82. The van der Waals surface area contributed by atoms with Crippen molar-refractivity contribution in [2.45, 2.75) is 6.92 Å². The highest BCUT2D eigenvalue weighted by Crippen LogP contribution is 2.22. The van der Waals surface area contributed by atoms with Crippen LogP contribution < -0.4 is 5.43 Å². The zero-order valence-corrected chi connectivity index (χ0v) is 14.2. The molecule has 0 aliphatic heterocycles. The van der Waals surface area contributed by atoms with Gasteiger partial charge in [-0.05, 0) is 43.3 Å². The fourth-order valence-corrected chi connectivity index (χ4v) is 3.01. The van der Waals surface area contributed by atoms with Crippen LogP contribution in [0, 0.1) is 11.3 Å². The van der Waals surface area contributed by atoms with E-state index in [1.807, 2.05) is 24.3 Å². The molecule has 2 aromatic carbocycles. The van der Waals surface area contributed by atoms with Crippen molar-refractivity contribution in [2.24, 2.45) is 5.10 Å². The number of fused-ring (bicyclic) bond motifs is 1. The first kappa shape index (κ1) is 16.6. The van der Waals surface area contributed by atoms with E-state index in [0.29, 0.717) is 22.9 Å². The molecule has 1 heterocycles. The van der Waals surface area contributed by atoms with E-state index in [4.69, 9.17) is 4.74 Å². The maximum atomic E-state index is 11.6. The topological polar surface area (TPSA) is 87.4 Å². The van der Waals surface area contributed by atoms with Gasteiger partial charge in [0.05, 0.1) is 28.1 Å². The molecule has 3 rings (SSSR count). The lowest BCUT2D eigenvalue weighted by molar-refractivity contribution is 0.0526. The normalized spacial score (nSPS) is 11.1. The van der Waals surface area contributed by atoms with Gasteiger partial charge >= 0.3 is 5.97 Å². The Hall–Kier alpha value is -3.24. The summed E-state index contributed by atoms with van der Waals surface area (Å²) in [6, 6.07) is 16.4. The second kappa shape index (κ2) is 7.55. The number of hydrogen-bond donors (Lipinski definition) is 1. The monoisotopic (exact) mass is 350 g/mol. The molecule has 0 unspecified atom stereocenters. The fraction of sp³-hybridized carbons (Fsp3) is 0.111. The summed E-state index contributed by atoms with van der Waals surface area (Å²) in [7, 11) is 0. The number of hydrogen-bond acceptors (Lipinski definition) is 7. The van der Waals surface area contributed by atoms with Gasteiger partial charge in [0, 0.05) is 0 Å². The highest BCUT2D eigenvalue weighted by Gasteiger charge is 2.10. The Labute approximate surface area is 148 Å². The fourth-order valence-electron chi connectivity index (χ4n) is 2.11. The van der Waals surface area contributed by atoms with Gasteiger partial charge in [-0.2, -0.15) is 10.4 Å². The second-order valence-electron chi connectivity index (χ2n) is 4.97. The van der Waals surface area contributed by atoms with Gasteiger partial charge in [0.15, 0.2) is 10.7 Å². The average molecular weight is 350 g/mol. The summed E-state index contributed by atoms with van der Waals surface area (Å²) >= 11 is 1.41. The lowest BCUT2D eigenvalue weighted by atomic mass is 10.2. The van der Waals surface area contributed by atoms with Crippen LogP contribution in [0.15, 0.2) is 53.6 Å². The summed E-state index contributed by atoms with van der Waals surface area (Å²) in [4.78, 5) is 16.0. The van der Waals surface area contributed by atoms with Gasteiger partial charge in [-0.1, -0.05) is 12.1 Å². The Morgan fingerprint density at radius 1 is 1.28 bits per heavy atom. The van der Waals surface area contributed by atoms with Crippen LogP contribution in [-0.4, -0.2) is 23.3 Å². The van der Waals surface area contributed by atoms with Crippen LogP contribution in [0.1, 0.15) is 22.3 Å². The minimum absolute atomic E-state index is 0.204. The van der Waals surface area contributed by atoms with Gasteiger partial charge in [-0.25, -0.2) is 9.78 Å². The van der Waals surface area contributed by atoms with E-state index in [9.17, 15) is 10.1 Å². The molecule has 0 spiro atoms. The summed E-state index contributed by atoms with van der Waals surface area (Å²) < 4.78 is 5.93. The molecular formula is C18H14N4O2S. The molecule has 3 aromatic rings. The van der Waals surface area contributed by atoms with E-state index in [0.717, 1.165) is 10.2 Å². The maximum absolute atomic E-state index is 11.6. The summed E-state index contributed by atoms with van der Waals surface area (Å²) in [5.74, 6) is -0.371. The predicted molar refractivity (Wildman–Crippen MR) is 97.8 cm³/mol. The SMILES string of the molecule is CCOC(=O)c1ccc(NN=C(C#N)c2nc3ccccc3s2)cc1. The number of benzene rings is 2. The molecule has 0 aliphatic carbocycles. The molecule has 0 bridgehead atoms. The smallest absolute Gasteiger partial charge is 0.338 e. The summed E-state index contributed by atoms with van der Waals surface area (Å²) in [5.41, 5.74) is 4.97. The number of nitrogens with zero attached hydrogens (tertiary/aromatic N) is 3. The van der Waals surface area contributed by atoms with Crippen LogP contribution in [0.25, 0.3) is 10.2 Å². The van der Waals surface area contributed by atoms with Gasteiger partial charge in [0.25, 0.3) is 0 Å². The lowest BCUT2D eigenvalue weighted by Crippen LogP contribution is -2.05. The zero-order valence-electron chi connectivity index (χ0n) is 13.4. The number of esters is 1. The molecule has 0 amide bonds. The molecule has 0 aliphatic rings. The van der Waals surface area contributed by atoms with E-state index in [-0.39, 0.29) is 11.7 Å². The van der Waals surface area contributed by atoms with Gasteiger partial charge in [0.2, 0.25) is 0 Å². The van der Waals surface area contributed by atoms with Crippen molar-refractivity contribution in [3.05, 3.63) is 59.1 Å². The highest BCUT2D eigenvalue weighted by molar-refractivity contribution is 7.20. The maximum Gasteiger partial charge on any atom is 0.338 e. The first-order valence-corrected chi connectivity index (χ1v) is 8.40. The summed E-state index contributed by atoms with van der Waals surface area (Å²) in [6.07, 6.45) is 0. The number of nitrogens with one attached hydrogen (secondary N) is 1. The number of rotatable bonds is 5. The molecule has 0 fully saturated rings. The quantitative estimate of drug-likeness (QED) is 0.429. The number of anilines is 1. The molecule has 6 nitrogen and oxygen atoms in total. The van der Waals surface area contributed by atoms with Crippen LogP contribution in [0.5, 0.6) is 0 Å². The number of aromatic nitrogens is 1. The summed E-state index contributed by atoms with van der Waals surface area (Å²) in [6.45, 7) is 2.09. The van der Waals surface area contributed by atoms with E-state index in [2.05, 4.69) is 21.6 Å². The number of nitriles is 1. The molecule has 1 aromatic heterocycles. The van der Waals surface area contributed by atoms with Gasteiger partial charge in [-0.15, -0.1) is 11.3 Å². The average Bonchev–Trinajstić information content (AvgIpc) is 3.07. The molecule has 7 heteroatoms. The minimum Gasteiger partial charge on any atom is -0.462 e. The van der Waals surface area contributed by atoms with E-state index >= 15 is 0 Å². The van der Waals surface area contributed by atoms with E-state index < -0.39 is 0 Å². The first-order valence-electron chi connectivity index (χ1n) is 7.58. The third-order valence-corrected chi connectivity index (χ3v) is 4.34. The summed E-state index contributed by atoms with van der Waals surface area (Å²) in [5, 5.41) is 14.0. The number of carbonyl (C=O) groups is 1. The van der Waals surface area contributed by atoms with E-state index in [1.54, 1.807) is 31.2 Å². The Bertz CT molecular complexity index is 938. The Morgan fingerprint density at radius 3 is 2.72 bits per heavy atom. The van der Waals surface area contributed by atoms with Crippen LogP contribution >= 0.6 is 11.3 Å². The van der Waals surface area contributed by atoms with Gasteiger partial charge in [-0.3, -0.25) is 5.43 Å².